The van der Waals surface area contributed by atoms with Gasteiger partial charge in [-0.15, -0.1) is 0 Å². The summed E-state index contributed by atoms with van der Waals surface area (Å²) in [6, 6.07) is 7.20. The van der Waals surface area contributed by atoms with Crippen LogP contribution in [-0.2, 0) is 24.9 Å². The van der Waals surface area contributed by atoms with Crippen molar-refractivity contribution in [3.63, 3.8) is 0 Å². The van der Waals surface area contributed by atoms with Crippen molar-refractivity contribution in [3.8, 4) is 0 Å². The first-order chi connectivity index (χ1) is 11.5. The standard InChI is InChI=1S/C17H19N5O2/c1-20(10-13-9-19-21(2)11-13)16(23)7-8-22-12-18-15-6-4-3-5-14(15)17(22)24/h3-6,9,11-12H,7-8,10H2,1-2H3. The Morgan fingerprint density at radius 1 is 1.29 bits per heavy atom. The van der Waals surface area contributed by atoms with E-state index in [9.17, 15) is 9.59 Å². The second kappa shape index (κ2) is 6.66. The third-order valence-corrected chi connectivity index (χ3v) is 3.90. The van der Waals surface area contributed by atoms with E-state index in [-0.39, 0.29) is 17.9 Å². The summed E-state index contributed by atoms with van der Waals surface area (Å²) in [5, 5.41) is 4.65. The number of hydrogen-bond donors (Lipinski definition) is 0. The highest BCUT2D eigenvalue weighted by molar-refractivity contribution is 5.77. The van der Waals surface area contributed by atoms with Gasteiger partial charge in [0.25, 0.3) is 5.56 Å². The molecule has 7 heteroatoms. The minimum absolute atomic E-state index is 0.0288. The molecule has 0 bridgehead atoms. The van der Waals surface area contributed by atoms with E-state index in [2.05, 4.69) is 10.1 Å². The molecule has 0 spiro atoms. The molecule has 24 heavy (non-hydrogen) atoms. The van der Waals surface area contributed by atoms with Gasteiger partial charge >= 0.3 is 0 Å². The van der Waals surface area contributed by atoms with E-state index in [1.165, 1.54) is 10.9 Å². The van der Waals surface area contributed by atoms with Crippen LogP contribution in [-0.4, -0.2) is 37.2 Å². The monoisotopic (exact) mass is 325 g/mol. The molecule has 0 saturated heterocycles. The molecule has 0 saturated carbocycles. The second-order valence-electron chi connectivity index (χ2n) is 5.78. The highest BCUT2D eigenvalue weighted by atomic mass is 16.2. The van der Waals surface area contributed by atoms with Crippen molar-refractivity contribution in [1.82, 2.24) is 24.2 Å². The zero-order valence-electron chi connectivity index (χ0n) is 13.7. The molecule has 0 atom stereocenters. The number of fused-ring (bicyclic) bond motifs is 1. The molecule has 0 unspecified atom stereocenters. The molecule has 0 aliphatic heterocycles. The highest BCUT2D eigenvalue weighted by Crippen LogP contribution is 2.06. The molecule has 0 fully saturated rings. The minimum Gasteiger partial charge on any atom is -0.341 e. The van der Waals surface area contributed by atoms with Gasteiger partial charge in [-0.3, -0.25) is 18.8 Å². The van der Waals surface area contributed by atoms with Gasteiger partial charge in [-0.05, 0) is 12.1 Å². The first-order valence-electron chi connectivity index (χ1n) is 7.70. The molecule has 0 radical (unpaired) electrons. The normalized spacial score (nSPS) is 10.9. The molecule has 3 aromatic rings. The van der Waals surface area contributed by atoms with Crippen molar-refractivity contribution in [2.24, 2.45) is 7.05 Å². The molecular weight excluding hydrogens is 306 g/mol. The van der Waals surface area contributed by atoms with Gasteiger partial charge in [0, 0.05) is 45.4 Å². The average molecular weight is 325 g/mol. The summed E-state index contributed by atoms with van der Waals surface area (Å²) in [5.41, 5.74) is 1.51. The summed E-state index contributed by atoms with van der Waals surface area (Å²) in [6.45, 7) is 0.810. The van der Waals surface area contributed by atoms with Crippen LogP contribution in [0.5, 0.6) is 0 Å². The predicted molar refractivity (Wildman–Crippen MR) is 90.3 cm³/mol. The molecule has 124 valence electrons. The number of carbonyl (C=O) groups is 1. The van der Waals surface area contributed by atoms with Crippen molar-refractivity contribution >= 4 is 16.8 Å². The lowest BCUT2D eigenvalue weighted by atomic mass is 10.2. The number of aryl methyl sites for hydroxylation is 2. The molecule has 1 aromatic carbocycles. The quantitative estimate of drug-likeness (QED) is 0.706. The van der Waals surface area contributed by atoms with Crippen LogP contribution in [0.4, 0.5) is 0 Å². The Hall–Kier alpha value is -2.96. The van der Waals surface area contributed by atoms with Crippen LogP contribution in [0.1, 0.15) is 12.0 Å². The van der Waals surface area contributed by atoms with Crippen LogP contribution in [0.25, 0.3) is 10.9 Å². The summed E-state index contributed by atoms with van der Waals surface area (Å²) < 4.78 is 3.19. The Kier molecular flexibility index (Phi) is 4.41. The zero-order valence-corrected chi connectivity index (χ0v) is 13.7. The van der Waals surface area contributed by atoms with Crippen molar-refractivity contribution in [3.05, 3.63) is 58.9 Å². The first kappa shape index (κ1) is 15.9. The second-order valence-corrected chi connectivity index (χ2v) is 5.78. The van der Waals surface area contributed by atoms with E-state index in [4.69, 9.17) is 0 Å². The molecule has 1 amide bonds. The van der Waals surface area contributed by atoms with Crippen molar-refractivity contribution < 1.29 is 4.79 Å². The summed E-state index contributed by atoms with van der Waals surface area (Å²) in [5.74, 6) is -0.0288. The van der Waals surface area contributed by atoms with Crippen LogP contribution in [0.3, 0.4) is 0 Å². The van der Waals surface area contributed by atoms with Crippen molar-refractivity contribution in [2.45, 2.75) is 19.5 Å². The summed E-state index contributed by atoms with van der Waals surface area (Å²) in [7, 11) is 3.58. The lowest BCUT2D eigenvalue weighted by molar-refractivity contribution is -0.130. The van der Waals surface area contributed by atoms with E-state index in [1.807, 2.05) is 25.4 Å². The molecule has 2 heterocycles. The van der Waals surface area contributed by atoms with Gasteiger partial charge < -0.3 is 4.90 Å². The molecule has 2 aromatic heterocycles. The van der Waals surface area contributed by atoms with Crippen LogP contribution >= 0.6 is 0 Å². The largest absolute Gasteiger partial charge is 0.341 e. The summed E-state index contributed by atoms with van der Waals surface area (Å²) >= 11 is 0. The van der Waals surface area contributed by atoms with Crippen LogP contribution in [0.2, 0.25) is 0 Å². The van der Waals surface area contributed by atoms with Gasteiger partial charge in [-0.2, -0.15) is 5.10 Å². The number of carbonyl (C=O) groups excluding carboxylic acids is 1. The minimum atomic E-state index is -0.122. The van der Waals surface area contributed by atoms with Gasteiger partial charge in [0.1, 0.15) is 0 Å². The predicted octanol–water partition coefficient (Wildman–Crippen LogP) is 1.18. The number of benzene rings is 1. The molecule has 0 aliphatic rings. The number of para-hydroxylation sites is 1. The number of rotatable bonds is 5. The van der Waals surface area contributed by atoms with E-state index in [0.717, 1.165) is 5.56 Å². The van der Waals surface area contributed by atoms with E-state index >= 15 is 0 Å². The Morgan fingerprint density at radius 2 is 2.08 bits per heavy atom. The van der Waals surface area contributed by atoms with Crippen LogP contribution < -0.4 is 5.56 Å². The van der Waals surface area contributed by atoms with Gasteiger partial charge in [0.2, 0.25) is 5.91 Å². The molecule has 0 aliphatic carbocycles. The first-order valence-corrected chi connectivity index (χ1v) is 7.70. The number of nitrogens with zero attached hydrogens (tertiary/aromatic N) is 5. The van der Waals surface area contributed by atoms with E-state index < -0.39 is 0 Å². The maximum atomic E-state index is 12.4. The third kappa shape index (κ3) is 3.34. The molecular formula is C17H19N5O2. The van der Waals surface area contributed by atoms with Gasteiger partial charge in [0.05, 0.1) is 23.4 Å². The maximum absolute atomic E-state index is 12.4. The molecule has 7 nitrogen and oxygen atoms in total. The number of hydrogen-bond acceptors (Lipinski definition) is 4. The number of amides is 1. The fourth-order valence-electron chi connectivity index (χ4n) is 2.59. The average Bonchev–Trinajstić information content (AvgIpc) is 2.99. The summed E-state index contributed by atoms with van der Waals surface area (Å²) in [4.78, 5) is 30.6. The van der Waals surface area contributed by atoms with Crippen molar-refractivity contribution in [2.75, 3.05) is 7.05 Å². The fourth-order valence-corrected chi connectivity index (χ4v) is 2.59. The van der Waals surface area contributed by atoms with E-state index in [1.54, 1.807) is 35.0 Å². The Labute approximate surface area is 139 Å². The lowest BCUT2D eigenvalue weighted by Gasteiger charge is -2.16. The lowest BCUT2D eigenvalue weighted by Crippen LogP contribution is -2.29. The Bertz CT molecular complexity index is 928. The summed E-state index contributed by atoms with van der Waals surface area (Å²) in [6.07, 6.45) is 5.36. The van der Waals surface area contributed by atoms with Crippen LogP contribution in [0.15, 0.2) is 47.8 Å². The fraction of sp³-hybridized carbons (Fsp3) is 0.294. The SMILES string of the molecule is CN(Cc1cnn(C)c1)C(=O)CCn1cnc2ccccc2c1=O. The highest BCUT2D eigenvalue weighted by Gasteiger charge is 2.11. The van der Waals surface area contributed by atoms with Gasteiger partial charge in [0.15, 0.2) is 0 Å². The van der Waals surface area contributed by atoms with Gasteiger partial charge in [-0.25, -0.2) is 4.98 Å². The van der Waals surface area contributed by atoms with Crippen LogP contribution in [0, 0.1) is 0 Å². The van der Waals surface area contributed by atoms with E-state index in [0.29, 0.717) is 24.0 Å². The zero-order chi connectivity index (χ0) is 17.1. The number of aromatic nitrogens is 4. The smallest absolute Gasteiger partial charge is 0.261 e. The maximum Gasteiger partial charge on any atom is 0.261 e. The van der Waals surface area contributed by atoms with Crippen molar-refractivity contribution in [1.29, 1.82) is 0 Å². The Morgan fingerprint density at radius 3 is 2.83 bits per heavy atom. The van der Waals surface area contributed by atoms with Gasteiger partial charge in [-0.1, -0.05) is 12.1 Å². The molecule has 0 N–H and O–H groups in total. The Balaban J connectivity index is 1.65. The topological polar surface area (TPSA) is 73.0 Å². The molecule has 3 rings (SSSR count). The third-order valence-electron chi connectivity index (χ3n) is 3.90.